The number of anilines is 2. The van der Waals surface area contributed by atoms with E-state index < -0.39 is 6.04 Å². The minimum atomic E-state index is -0.478. The van der Waals surface area contributed by atoms with Crippen molar-refractivity contribution in [3.8, 4) is 0 Å². The second kappa shape index (κ2) is 11.6. The molecule has 0 spiro atoms. The van der Waals surface area contributed by atoms with Gasteiger partial charge in [0.25, 0.3) is 0 Å². The number of hydrogen-bond donors (Lipinski definition) is 1. The first-order chi connectivity index (χ1) is 17.5. The number of carbonyl (C=O) groups is 3. The van der Waals surface area contributed by atoms with Crippen molar-refractivity contribution in [1.29, 1.82) is 0 Å². The molecule has 1 N–H and O–H groups in total. The molecule has 4 rings (SSSR count). The maximum absolute atomic E-state index is 13.5. The number of piperazine rings is 1. The molecular formula is C28H30N4O4. The van der Waals surface area contributed by atoms with Crippen molar-refractivity contribution in [2.75, 3.05) is 43.0 Å². The van der Waals surface area contributed by atoms with Crippen LogP contribution in [0.15, 0.2) is 72.9 Å². The number of ketones is 1. The predicted molar refractivity (Wildman–Crippen MR) is 138 cm³/mol. The van der Waals surface area contributed by atoms with Crippen LogP contribution in [0.1, 0.15) is 46.2 Å². The molecule has 1 unspecified atom stereocenters. The van der Waals surface area contributed by atoms with E-state index in [0.29, 0.717) is 49.6 Å². The molecule has 1 fully saturated rings. The lowest BCUT2D eigenvalue weighted by molar-refractivity contribution is -0.121. The average molecular weight is 487 g/mol. The van der Waals surface area contributed by atoms with Crippen molar-refractivity contribution >= 4 is 29.2 Å². The maximum atomic E-state index is 13.5. The van der Waals surface area contributed by atoms with Gasteiger partial charge in [-0.15, -0.1) is 0 Å². The number of rotatable bonds is 8. The smallest absolute Gasteiger partial charge is 0.339 e. The second-order valence-electron chi connectivity index (χ2n) is 8.59. The van der Waals surface area contributed by atoms with Crippen molar-refractivity contribution in [1.82, 2.24) is 9.88 Å². The fraction of sp³-hybridized carbons (Fsp3) is 0.286. The summed E-state index contributed by atoms with van der Waals surface area (Å²) in [6.07, 6.45) is 1.54. The van der Waals surface area contributed by atoms with Crippen LogP contribution in [0.3, 0.4) is 0 Å². The lowest BCUT2D eigenvalue weighted by Gasteiger charge is -2.39. The zero-order valence-electron chi connectivity index (χ0n) is 20.5. The van der Waals surface area contributed by atoms with Crippen LogP contribution in [0.25, 0.3) is 0 Å². The van der Waals surface area contributed by atoms with E-state index in [0.717, 1.165) is 11.4 Å². The van der Waals surface area contributed by atoms with E-state index >= 15 is 0 Å². The lowest BCUT2D eigenvalue weighted by Crippen LogP contribution is -2.50. The third kappa shape index (κ3) is 5.95. The Morgan fingerprint density at radius 3 is 2.33 bits per heavy atom. The highest BCUT2D eigenvalue weighted by Crippen LogP contribution is 2.26. The van der Waals surface area contributed by atoms with E-state index in [2.05, 4.69) is 20.1 Å². The van der Waals surface area contributed by atoms with Gasteiger partial charge >= 0.3 is 5.97 Å². The molecule has 0 bridgehead atoms. The number of carbonyl (C=O) groups excluding carboxylic acids is 3. The summed E-state index contributed by atoms with van der Waals surface area (Å²) in [4.78, 5) is 45.9. The van der Waals surface area contributed by atoms with E-state index in [-0.39, 0.29) is 17.7 Å². The number of esters is 1. The molecule has 8 heteroatoms. The van der Waals surface area contributed by atoms with Gasteiger partial charge in [-0.25, -0.2) is 9.78 Å². The number of amides is 1. The Hall–Kier alpha value is -4.04. The molecule has 1 saturated heterocycles. The van der Waals surface area contributed by atoms with Crippen LogP contribution >= 0.6 is 0 Å². The molecule has 1 aromatic heterocycles. The zero-order valence-corrected chi connectivity index (χ0v) is 20.5. The van der Waals surface area contributed by atoms with Gasteiger partial charge in [0.1, 0.15) is 11.9 Å². The summed E-state index contributed by atoms with van der Waals surface area (Å²) >= 11 is 0. The molecule has 1 aliphatic heterocycles. The van der Waals surface area contributed by atoms with Crippen LogP contribution in [0.4, 0.5) is 11.5 Å². The summed E-state index contributed by atoms with van der Waals surface area (Å²) in [5.41, 5.74) is 2.48. The predicted octanol–water partition coefficient (Wildman–Crippen LogP) is 3.96. The topological polar surface area (TPSA) is 91.8 Å². The molecule has 0 radical (unpaired) electrons. The Morgan fingerprint density at radius 2 is 1.69 bits per heavy atom. The molecular weight excluding hydrogens is 456 g/mol. The highest BCUT2D eigenvalue weighted by molar-refractivity contribution is 5.98. The molecule has 36 heavy (non-hydrogen) atoms. The molecule has 186 valence electrons. The van der Waals surface area contributed by atoms with Crippen LogP contribution < -0.4 is 10.2 Å². The van der Waals surface area contributed by atoms with Crippen LogP contribution in [-0.4, -0.2) is 60.3 Å². The lowest BCUT2D eigenvalue weighted by atomic mass is 10.0. The van der Waals surface area contributed by atoms with E-state index in [4.69, 9.17) is 4.74 Å². The second-order valence-corrected chi connectivity index (χ2v) is 8.59. The average Bonchev–Trinajstić information content (AvgIpc) is 2.90. The highest BCUT2D eigenvalue weighted by Gasteiger charge is 2.31. The van der Waals surface area contributed by atoms with Crippen LogP contribution in [-0.2, 0) is 9.53 Å². The minimum Gasteiger partial charge on any atom is -0.462 e. The summed E-state index contributed by atoms with van der Waals surface area (Å²) in [5.74, 6) is 0.203. The maximum Gasteiger partial charge on any atom is 0.339 e. The summed E-state index contributed by atoms with van der Waals surface area (Å²) in [6, 6.07) is 19.8. The van der Waals surface area contributed by atoms with Gasteiger partial charge in [0, 0.05) is 43.6 Å². The monoisotopic (exact) mass is 486 g/mol. The number of ether oxygens (including phenoxy) is 1. The Balaban J connectivity index is 1.47. The van der Waals surface area contributed by atoms with E-state index in [1.165, 1.54) is 13.1 Å². The Kier molecular flexibility index (Phi) is 8.07. The minimum absolute atomic E-state index is 0.0503. The van der Waals surface area contributed by atoms with Crippen LogP contribution in [0, 0.1) is 0 Å². The zero-order chi connectivity index (χ0) is 25.5. The fourth-order valence-electron chi connectivity index (χ4n) is 4.31. The quantitative estimate of drug-likeness (QED) is 0.381. The number of pyridine rings is 1. The molecule has 3 aromatic rings. The summed E-state index contributed by atoms with van der Waals surface area (Å²) in [6.45, 7) is 6.27. The number of nitrogens with one attached hydrogen (secondary N) is 1. The van der Waals surface area contributed by atoms with Crippen molar-refractivity contribution in [3.63, 3.8) is 0 Å². The number of aromatic nitrogens is 1. The summed E-state index contributed by atoms with van der Waals surface area (Å²) in [5, 5.41) is 3.00. The number of hydrogen-bond acceptors (Lipinski definition) is 7. The molecule has 0 aliphatic carbocycles. The largest absolute Gasteiger partial charge is 0.462 e. The van der Waals surface area contributed by atoms with Crippen molar-refractivity contribution in [3.05, 3.63) is 89.6 Å². The van der Waals surface area contributed by atoms with Gasteiger partial charge in [-0.2, -0.15) is 0 Å². The molecule has 1 aliphatic rings. The number of nitrogens with zero attached hydrogens (tertiary/aromatic N) is 3. The third-order valence-corrected chi connectivity index (χ3v) is 6.16. The first-order valence-corrected chi connectivity index (χ1v) is 12.0. The summed E-state index contributed by atoms with van der Waals surface area (Å²) in [7, 11) is 0. The molecule has 1 atom stereocenters. The van der Waals surface area contributed by atoms with E-state index in [1.54, 1.807) is 37.3 Å². The Bertz CT molecular complexity index is 1210. The van der Waals surface area contributed by atoms with Gasteiger partial charge in [-0.05, 0) is 43.7 Å². The van der Waals surface area contributed by atoms with Gasteiger partial charge in [-0.1, -0.05) is 42.5 Å². The molecule has 1 amide bonds. The summed E-state index contributed by atoms with van der Waals surface area (Å²) < 4.78 is 5.03. The first-order valence-electron chi connectivity index (χ1n) is 12.0. The molecule has 2 aromatic carbocycles. The van der Waals surface area contributed by atoms with Gasteiger partial charge in [0.2, 0.25) is 5.91 Å². The third-order valence-electron chi connectivity index (χ3n) is 6.16. The Morgan fingerprint density at radius 1 is 0.944 bits per heavy atom. The fourth-order valence-corrected chi connectivity index (χ4v) is 4.31. The highest BCUT2D eigenvalue weighted by atomic mass is 16.5. The van der Waals surface area contributed by atoms with Gasteiger partial charge in [-0.3, -0.25) is 14.5 Å². The van der Waals surface area contributed by atoms with Gasteiger partial charge in [0.15, 0.2) is 5.78 Å². The van der Waals surface area contributed by atoms with E-state index in [1.807, 2.05) is 36.4 Å². The SMILES string of the molecule is CCOC(=O)c1ccc(N2CCN(C(C(=O)Nc3cccc(C(C)=O)c3)c3ccccc3)CC2)nc1. The standard InChI is InChI=1S/C28H30N4O4/c1-3-36-28(35)23-12-13-25(29-19-23)31-14-16-32(17-15-31)26(21-8-5-4-6-9-21)27(34)30-24-11-7-10-22(18-24)20(2)33/h4-13,18-19,26H,3,14-17H2,1-2H3,(H,30,34). The molecule has 8 nitrogen and oxygen atoms in total. The van der Waals surface area contributed by atoms with Crippen molar-refractivity contribution in [2.24, 2.45) is 0 Å². The number of benzene rings is 2. The van der Waals surface area contributed by atoms with Crippen LogP contribution in [0.2, 0.25) is 0 Å². The van der Waals surface area contributed by atoms with Crippen molar-refractivity contribution in [2.45, 2.75) is 19.9 Å². The first kappa shape index (κ1) is 25.1. The molecule has 0 saturated carbocycles. The Labute approximate surface area is 210 Å². The normalized spacial score (nSPS) is 14.7. The molecule has 2 heterocycles. The van der Waals surface area contributed by atoms with Crippen LogP contribution in [0.5, 0.6) is 0 Å². The number of Topliss-reactive ketones (excluding diaryl/α,β-unsaturated/α-hetero) is 1. The van der Waals surface area contributed by atoms with Gasteiger partial charge in [0.05, 0.1) is 12.2 Å². The van der Waals surface area contributed by atoms with E-state index in [9.17, 15) is 14.4 Å². The van der Waals surface area contributed by atoms with Crippen molar-refractivity contribution < 1.29 is 19.1 Å². The van der Waals surface area contributed by atoms with Gasteiger partial charge < -0.3 is 15.0 Å².